The summed E-state index contributed by atoms with van der Waals surface area (Å²) in [6, 6.07) is 0. The molecule has 0 radical (unpaired) electrons. The molecular formula is C15H26F2N2O2. The number of carbonyl (C=O) groups excluding carboxylic acids is 1. The molecule has 0 aromatic carbocycles. The van der Waals surface area contributed by atoms with Gasteiger partial charge >= 0.3 is 6.09 Å². The summed E-state index contributed by atoms with van der Waals surface area (Å²) in [4.78, 5) is 13.7. The van der Waals surface area contributed by atoms with Crippen LogP contribution in [0.2, 0.25) is 0 Å². The third-order valence-electron chi connectivity index (χ3n) is 4.64. The molecule has 0 atom stereocenters. The van der Waals surface area contributed by atoms with E-state index in [1.807, 2.05) is 20.8 Å². The van der Waals surface area contributed by atoms with Gasteiger partial charge < -0.3 is 15.4 Å². The highest BCUT2D eigenvalue weighted by Gasteiger charge is 2.59. The first-order chi connectivity index (χ1) is 9.57. The van der Waals surface area contributed by atoms with Crippen LogP contribution < -0.4 is 5.73 Å². The van der Waals surface area contributed by atoms with Crippen LogP contribution in [0, 0.1) is 11.3 Å². The number of ether oxygens (including phenoxy) is 1. The topological polar surface area (TPSA) is 55.6 Å². The number of rotatable bonds is 2. The highest BCUT2D eigenvalue weighted by Crippen LogP contribution is 2.57. The van der Waals surface area contributed by atoms with Crippen molar-refractivity contribution in [2.45, 2.75) is 58.0 Å². The fourth-order valence-corrected chi connectivity index (χ4v) is 3.58. The number of likely N-dealkylation sites (tertiary alicyclic amines) is 1. The summed E-state index contributed by atoms with van der Waals surface area (Å²) in [5.41, 5.74) is 4.82. The van der Waals surface area contributed by atoms with Crippen LogP contribution in [-0.4, -0.2) is 42.2 Å². The molecule has 0 aromatic rings. The van der Waals surface area contributed by atoms with Crippen molar-refractivity contribution in [2.24, 2.45) is 17.1 Å². The molecule has 1 amide bonds. The van der Waals surface area contributed by atoms with Crippen LogP contribution in [0.4, 0.5) is 13.6 Å². The number of piperidine rings is 1. The third kappa shape index (κ3) is 3.65. The third-order valence-corrected chi connectivity index (χ3v) is 4.64. The average Bonchev–Trinajstić information content (AvgIpc) is 2.33. The van der Waals surface area contributed by atoms with Gasteiger partial charge in [0.25, 0.3) is 0 Å². The zero-order valence-corrected chi connectivity index (χ0v) is 13.1. The summed E-state index contributed by atoms with van der Waals surface area (Å²) < 4.78 is 31.8. The summed E-state index contributed by atoms with van der Waals surface area (Å²) in [5, 5.41) is 0. The van der Waals surface area contributed by atoms with E-state index in [-0.39, 0.29) is 24.9 Å². The normalized spacial score (nSPS) is 25.3. The van der Waals surface area contributed by atoms with Gasteiger partial charge in [0.1, 0.15) is 5.60 Å². The monoisotopic (exact) mass is 304 g/mol. The van der Waals surface area contributed by atoms with Gasteiger partial charge in [-0.2, -0.15) is 0 Å². The Kier molecular flexibility index (Phi) is 4.21. The van der Waals surface area contributed by atoms with Crippen molar-refractivity contribution < 1.29 is 18.3 Å². The van der Waals surface area contributed by atoms with Crippen molar-refractivity contribution in [2.75, 3.05) is 19.6 Å². The first-order valence-electron chi connectivity index (χ1n) is 7.63. The van der Waals surface area contributed by atoms with E-state index in [0.29, 0.717) is 19.6 Å². The number of hydrogen-bond donors (Lipinski definition) is 1. The lowest BCUT2D eigenvalue weighted by Gasteiger charge is -2.53. The van der Waals surface area contributed by atoms with E-state index in [2.05, 4.69) is 0 Å². The number of amides is 1. The van der Waals surface area contributed by atoms with Gasteiger partial charge in [-0.15, -0.1) is 0 Å². The van der Waals surface area contributed by atoms with Gasteiger partial charge in [-0.3, -0.25) is 0 Å². The standard InChI is InChI=1S/C15H26F2N2O2/c1-13(2,3)21-12(20)19-6-4-11(5-7-19)14(10-18)8-15(16,17)9-14/h11H,4-10,18H2,1-3H3. The molecule has 0 unspecified atom stereocenters. The molecule has 2 aliphatic rings. The molecule has 4 nitrogen and oxygen atoms in total. The Bertz CT molecular complexity index is 391. The summed E-state index contributed by atoms with van der Waals surface area (Å²) in [7, 11) is 0. The van der Waals surface area contributed by atoms with Gasteiger partial charge in [-0.05, 0) is 51.5 Å². The summed E-state index contributed by atoms with van der Waals surface area (Å²) in [6.07, 6.45) is 0.932. The van der Waals surface area contributed by atoms with Crippen LogP contribution in [0.5, 0.6) is 0 Å². The van der Waals surface area contributed by atoms with Crippen molar-refractivity contribution in [3.63, 3.8) is 0 Å². The smallest absolute Gasteiger partial charge is 0.410 e. The van der Waals surface area contributed by atoms with Crippen LogP contribution in [-0.2, 0) is 4.74 Å². The Morgan fingerprint density at radius 2 is 1.81 bits per heavy atom. The first-order valence-corrected chi connectivity index (χ1v) is 7.63. The molecule has 0 spiro atoms. The van der Waals surface area contributed by atoms with E-state index < -0.39 is 16.9 Å². The molecule has 1 aliphatic heterocycles. The minimum atomic E-state index is -2.55. The molecule has 2 N–H and O–H groups in total. The molecule has 1 heterocycles. The van der Waals surface area contributed by atoms with Gasteiger partial charge in [-0.25, -0.2) is 13.6 Å². The Morgan fingerprint density at radius 3 is 2.19 bits per heavy atom. The van der Waals surface area contributed by atoms with Crippen LogP contribution in [0.1, 0.15) is 46.5 Å². The van der Waals surface area contributed by atoms with Crippen LogP contribution in [0.25, 0.3) is 0 Å². The van der Waals surface area contributed by atoms with E-state index >= 15 is 0 Å². The van der Waals surface area contributed by atoms with Crippen molar-refractivity contribution in [1.82, 2.24) is 4.90 Å². The highest BCUT2D eigenvalue weighted by atomic mass is 19.3. The molecule has 1 aliphatic carbocycles. The van der Waals surface area contributed by atoms with Crippen LogP contribution >= 0.6 is 0 Å². The molecular weight excluding hydrogens is 278 g/mol. The van der Waals surface area contributed by atoms with E-state index in [9.17, 15) is 13.6 Å². The fraction of sp³-hybridized carbons (Fsp3) is 0.933. The zero-order chi connectivity index (χ0) is 15.9. The number of carbonyl (C=O) groups is 1. The van der Waals surface area contributed by atoms with E-state index in [1.165, 1.54) is 0 Å². The van der Waals surface area contributed by atoms with Gasteiger partial charge in [0.15, 0.2) is 0 Å². The first kappa shape index (κ1) is 16.5. The molecule has 0 aromatic heterocycles. The van der Waals surface area contributed by atoms with Crippen molar-refractivity contribution >= 4 is 6.09 Å². The number of nitrogens with zero attached hydrogens (tertiary/aromatic N) is 1. The predicted octanol–water partition coefficient (Wildman–Crippen LogP) is 3.01. The largest absolute Gasteiger partial charge is 0.444 e. The molecule has 6 heteroatoms. The quantitative estimate of drug-likeness (QED) is 0.853. The lowest BCUT2D eigenvalue weighted by Crippen LogP contribution is -2.57. The van der Waals surface area contributed by atoms with Gasteiger partial charge in [-0.1, -0.05) is 0 Å². The second-order valence-electron chi connectivity index (χ2n) is 7.52. The molecule has 0 bridgehead atoms. The summed E-state index contributed by atoms with van der Waals surface area (Å²) >= 11 is 0. The number of hydrogen-bond acceptors (Lipinski definition) is 3. The Hall–Kier alpha value is -0.910. The van der Waals surface area contributed by atoms with Gasteiger partial charge in [0.05, 0.1) is 0 Å². The van der Waals surface area contributed by atoms with E-state index in [4.69, 9.17) is 10.5 Å². The lowest BCUT2D eigenvalue weighted by atomic mass is 9.57. The second kappa shape index (κ2) is 5.38. The van der Waals surface area contributed by atoms with E-state index in [0.717, 1.165) is 12.8 Å². The average molecular weight is 304 g/mol. The molecule has 2 fully saturated rings. The SMILES string of the molecule is CC(C)(C)OC(=O)N1CCC(C2(CN)CC(F)(F)C2)CC1. The number of alkyl halides is 2. The van der Waals surface area contributed by atoms with Crippen LogP contribution in [0.15, 0.2) is 0 Å². The molecule has 2 rings (SSSR count). The predicted molar refractivity (Wildman–Crippen MR) is 76.2 cm³/mol. The maximum absolute atomic E-state index is 13.2. The number of nitrogens with two attached hydrogens (primary N) is 1. The van der Waals surface area contributed by atoms with Crippen molar-refractivity contribution in [1.29, 1.82) is 0 Å². The van der Waals surface area contributed by atoms with Crippen molar-refractivity contribution in [3.05, 3.63) is 0 Å². The number of halogens is 2. The highest BCUT2D eigenvalue weighted by molar-refractivity contribution is 5.68. The summed E-state index contributed by atoms with van der Waals surface area (Å²) in [6.45, 7) is 6.92. The Labute approximate surface area is 125 Å². The van der Waals surface area contributed by atoms with Gasteiger partial charge in [0.2, 0.25) is 5.92 Å². The second-order valence-corrected chi connectivity index (χ2v) is 7.52. The molecule has 1 saturated carbocycles. The molecule has 122 valence electrons. The zero-order valence-electron chi connectivity index (χ0n) is 13.1. The minimum absolute atomic E-state index is 0.104. The Balaban J connectivity index is 1.87. The van der Waals surface area contributed by atoms with E-state index in [1.54, 1.807) is 4.90 Å². The maximum atomic E-state index is 13.2. The minimum Gasteiger partial charge on any atom is -0.444 e. The maximum Gasteiger partial charge on any atom is 0.410 e. The lowest BCUT2D eigenvalue weighted by molar-refractivity contribution is -0.184. The van der Waals surface area contributed by atoms with Gasteiger partial charge in [0, 0.05) is 25.9 Å². The summed E-state index contributed by atoms with van der Waals surface area (Å²) in [5.74, 6) is -2.37. The molecule has 1 saturated heterocycles. The van der Waals surface area contributed by atoms with Crippen molar-refractivity contribution in [3.8, 4) is 0 Å². The Morgan fingerprint density at radius 1 is 1.29 bits per heavy atom. The fourth-order valence-electron chi connectivity index (χ4n) is 3.58. The molecule has 21 heavy (non-hydrogen) atoms. The van der Waals surface area contributed by atoms with Crippen LogP contribution in [0.3, 0.4) is 0 Å².